The van der Waals surface area contributed by atoms with Crippen LogP contribution in [-0.2, 0) is 0 Å². The van der Waals surface area contributed by atoms with Crippen LogP contribution in [-0.4, -0.2) is 20.1 Å². The number of para-hydroxylation sites is 10. The van der Waals surface area contributed by atoms with Crippen LogP contribution in [0.25, 0.3) is 33.4 Å². The Balaban J connectivity index is 0.831. The molecule has 11 heteroatoms. The molecular weight excluding hydrogens is 1380 g/mol. The zero-order valence-electron chi connectivity index (χ0n) is 61.3. The lowest BCUT2D eigenvalue weighted by atomic mass is 9.29. The second-order valence-electron chi connectivity index (χ2n) is 29.7. The molecule has 8 nitrogen and oxygen atoms in total. The molecular formula is C102H66B3N5O3. The van der Waals surface area contributed by atoms with Crippen LogP contribution in [0.2, 0.25) is 0 Å². The molecule has 6 aliphatic heterocycles. The van der Waals surface area contributed by atoms with E-state index in [9.17, 15) is 0 Å². The van der Waals surface area contributed by atoms with Crippen molar-refractivity contribution in [1.82, 2.24) is 0 Å². The van der Waals surface area contributed by atoms with Gasteiger partial charge in [0.2, 0.25) is 0 Å². The summed E-state index contributed by atoms with van der Waals surface area (Å²) < 4.78 is 23.5. The molecule has 0 spiro atoms. The second-order valence-corrected chi connectivity index (χ2v) is 29.7. The van der Waals surface area contributed by atoms with Gasteiger partial charge in [-0.05, 0) is 164 Å². The van der Waals surface area contributed by atoms with Gasteiger partial charge in [0.15, 0.2) is 0 Å². The van der Waals surface area contributed by atoms with E-state index in [0.29, 0.717) is 5.75 Å². The van der Waals surface area contributed by atoms with Crippen LogP contribution in [0.4, 0.5) is 85.3 Å². The minimum absolute atomic E-state index is 0.287. The maximum Gasteiger partial charge on any atom is 0.261 e. The Bertz CT molecular complexity index is 6550. The van der Waals surface area contributed by atoms with Crippen molar-refractivity contribution in [2.24, 2.45) is 0 Å². The predicted molar refractivity (Wildman–Crippen MR) is 470 cm³/mol. The summed E-state index contributed by atoms with van der Waals surface area (Å²) >= 11 is 0. The van der Waals surface area contributed by atoms with E-state index in [1.54, 1.807) is 0 Å². The third kappa shape index (κ3) is 10.1. The topological polar surface area (TPSA) is 43.9 Å². The van der Waals surface area contributed by atoms with E-state index in [1.807, 2.05) is 0 Å². The van der Waals surface area contributed by atoms with Crippen molar-refractivity contribution < 1.29 is 14.2 Å². The molecule has 17 aromatic rings. The number of hydrogen-bond donors (Lipinski definition) is 0. The number of anilines is 15. The first kappa shape index (κ1) is 64.3. The minimum Gasteiger partial charge on any atom is -0.459 e. The Morgan fingerprint density at radius 3 is 1.17 bits per heavy atom. The van der Waals surface area contributed by atoms with E-state index < -0.39 is 0 Å². The van der Waals surface area contributed by atoms with Crippen LogP contribution >= 0.6 is 0 Å². The summed E-state index contributed by atoms with van der Waals surface area (Å²) in [7, 11) is 0. The van der Waals surface area contributed by atoms with Gasteiger partial charge in [-0.2, -0.15) is 0 Å². The van der Waals surface area contributed by atoms with Gasteiger partial charge in [-0.1, -0.05) is 279 Å². The Hall–Kier alpha value is -14.7. The molecule has 0 unspecified atom stereocenters. The highest BCUT2D eigenvalue weighted by Gasteiger charge is 2.52. The van der Waals surface area contributed by atoms with E-state index >= 15 is 0 Å². The number of fused-ring (bicyclic) bond motifs is 13. The van der Waals surface area contributed by atoms with E-state index in [4.69, 9.17) is 14.2 Å². The number of benzene rings is 17. The lowest BCUT2D eigenvalue weighted by molar-refractivity contribution is 0.469. The van der Waals surface area contributed by atoms with Crippen LogP contribution in [0, 0.1) is 0 Å². The standard InChI is InChI=1S/C102H66B3N5O3/c1-9-34-67(35-10-1)77-50-25-29-56-85(77)107(72-44-19-6-20-45-72)76-61-89-97-94(63-76)111-92-58-31-27-54-81(92)103(97)83-64-84-88(65-87(83)109(89)74-48-23-8-24-49-74)110(101-78(68-36-11-2-12-37-68)51-33-52-79(101)69-38-13-3-14-39-69)91-66-96-100(102-99(91)104(84)82-55-28-32-59-93(82)113-102)105-80-53-26-30-57-86(80)108(73-46-21-7-22-47-73)90-60-75(62-95(112-96)98(90)105)106(70-40-15-4-16-41-70)71-42-17-5-18-43-71/h1-66H. The highest BCUT2D eigenvalue weighted by Crippen LogP contribution is 2.55. The molecule has 6 heterocycles. The summed E-state index contributed by atoms with van der Waals surface area (Å²) in [5, 5.41) is 0. The summed E-state index contributed by atoms with van der Waals surface area (Å²) in [5.41, 5.74) is 31.6. The summed E-state index contributed by atoms with van der Waals surface area (Å²) in [6, 6.07) is 145. The van der Waals surface area contributed by atoms with Crippen molar-refractivity contribution in [2.75, 3.05) is 24.5 Å². The van der Waals surface area contributed by atoms with Crippen LogP contribution in [0.3, 0.4) is 0 Å². The van der Waals surface area contributed by atoms with Crippen LogP contribution in [0.5, 0.6) is 34.5 Å². The molecule has 0 atom stereocenters. The van der Waals surface area contributed by atoms with Gasteiger partial charge < -0.3 is 38.7 Å². The van der Waals surface area contributed by atoms with Crippen molar-refractivity contribution in [2.45, 2.75) is 0 Å². The fraction of sp³-hybridized carbons (Fsp3) is 0. The lowest BCUT2D eigenvalue weighted by Crippen LogP contribution is -2.66. The number of hydrogen-bond acceptors (Lipinski definition) is 8. The maximum atomic E-state index is 8.07. The Morgan fingerprint density at radius 1 is 0.212 bits per heavy atom. The average Bonchev–Trinajstić information content (AvgIpc) is 0.669. The van der Waals surface area contributed by atoms with Crippen LogP contribution in [0.15, 0.2) is 400 Å². The molecule has 0 saturated heterocycles. The third-order valence-electron chi connectivity index (χ3n) is 23.5. The fourth-order valence-corrected chi connectivity index (χ4v) is 18.9. The van der Waals surface area contributed by atoms with Gasteiger partial charge in [-0.25, -0.2) is 0 Å². The van der Waals surface area contributed by atoms with Crippen molar-refractivity contribution in [3.63, 3.8) is 0 Å². The van der Waals surface area contributed by atoms with E-state index in [1.165, 1.54) is 0 Å². The molecule has 0 radical (unpaired) electrons. The Labute approximate surface area is 657 Å². The molecule has 0 aromatic heterocycles. The monoisotopic (exact) mass is 1440 g/mol. The van der Waals surface area contributed by atoms with Gasteiger partial charge in [0.1, 0.15) is 34.5 Å². The van der Waals surface area contributed by atoms with E-state index in [-0.39, 0.29) is 20.1 Å². The zero-order chi connectivity index (χ0) is 74.2. The fourth-order valence-electron chi connectivity index (χ4n) is 18.9. The first-order chi connectivity index (χ1) is 56.1. The number of nitrogens with zero attached hydrogens (tertiary/aromatic N) is 5. The summed E-state index contributed by atoms with van der Waals surface area (Å²) in [6.45, 7) is -1.01. The van der Waals surface area contributed by atoms with E-state index in [2.05, 4.69) is 425 Å². The van der Waals surface area contributed by atoms with Gasteiger partial charge in [0.05, 0.1) is 22.7 Å². The van der Waals surface area contributed by atoms with Gasteiger partial charge in [0.25, 0.3) is 20.1 Å². The Kier molecular flexibility index (Phi) is 14.8. The van der Waals surface area contributed by atoms with Gasteiger partial charge in [-0.3, -0.25) is 0 Å². The predicted octanol–water partition coefficient (Wildman–Crippen LogP) is 20.8. The highest BCUT2D eigenvalue weighted by molar-refractivity contribution is 7.04. The molecule has 23 rings (SSSR count). The SMILES string of the molecule is c1ccc(-c2ccccc2N(c2ccccc2)c2cc3c4c(c2)N(c2ccccc2)c2cc5c(cc2B4c2ccccc2O3)B2c3ccccc3Oc3c4c(cc(c32)N5c2c(-c3ccccc3)cccc2-c2ccccc2)Oc2cc(N(c3ccccc3)c3ccccc3)cc3c2B4c2ccccc2N3c2ccccc2)cc1. The maximum absolute atomic E-state index is 8.07. The second kappa shape index (κ2) is 26.0. The Morgan fingerprint density at radius 2 is 0.602 bits per heavy atom. The zero-order valence-corrected chi connectivity index (χ0v) is 61.3. The lowest BCUT2D eigenvalue weighted by Gasteiger charge is -2.46. The summed E-state index contributed by atoms with van der Waals surface area (Å²) in [6.07, 6.45) is 0. The highest BCUT2D eigenvalue weighted by atomic mass is 16.5. The summed E-state index contributed by atoms with van der Waals surface area (Å²) in [5.74, 6) is 4.68. The minimum atomic E-state index is -0.364. The van der Waals surface area contributed by atoms with Crippen molar-refractivity contribution >= 4 is 155 Å². The molecule has 0 bridgehead atoms. The molecule has 526 valence electrons. The molecule has 17 aromatic carbocycles. The smallest absolute Gasteiger partial charge is 0.261 e. The van der Waals surface area contributed by atoms with Crippen LogP contribution < -0.4 is 87.9 Å². The first-order valence-corrected chi connectivity index (χ1v) is 38.8. The normalized spacial score (nSPS) is 13.1. The molecule has 0 aliphatic carbocycles. The molecule has 113 heavy (non-hydrogen) atoms. The van der Waals surface area contributed by atoms with Gasteiger partial charge in [-0.15, -0.1) is 0 Å². The first-order valence-electron chi connectivity index (χ1n) is 38.8. The van der Waals surface area contributed by atoms with Crippen molar-refractivity contribution in [1.29, 1.82) is 0 Å². The number of rotatable bonds is 12. The molecule has 0 amide bonds. The summed E-state index contributed by atoms with van der Waals surface area (Å²) in [4.78, 5) is 12.3. The van der Waals surface area contributed by atoms with Crippen molar-refractivity contribution in [3.8, 4) is 67.9 Å². The van der Waals surface area contributed by atoms with Crippen molar-refractivity contribution in [3.05, 3.63) is 400 Å². The molecule has 0 fully saturated rings. The quantitative estimate of drug-likeness (QED) is 0.112. The van der Waals surface area contributed by atoms with Gasteiger partial charge >= 0.3 is 0 Å². The third-order valence-corrected chi connectivity index (χ3v) is 23.5. The molecule has 0 saturated carbocycles. The average molecular weight is 1440 g/mol. The molecule has 0 N–H and O–H groups in total. The van der Waals surface area contributed by atoms with Crippen LogP contribution in [0.1, 0.15) is 0 Å². The molecule has 6 aliphatic rings. The van der Waals surface area contributed by atoms with Gasteiger partial charge in [0, 0.05) is 103 Å². The number of ether oxygens (including phenoxy) is 3. The van der Waals surface area contributed by atoms with E-state index in [0.717, 1.165) is 197 Å². The largest absolute Gasteiger partial charge is 0.459 e.